The summed E-state index contributed by atoms with van der Waals surface area (Å²) in [4.78, 5) is 42.8. The Bertz CT molecular complexity index is 1240. The Hall–Kier alpha value is -3.26. The molecule has 0 unspecified atom stereocenters. The van der Waals surface area contributed by atoms with Crippen molar-refractivity contribution in [3.05, 3.63) is 74.2 Å². The Morgan fingerprint density at radius 3 is 2.31 bits per heavy atom. The van der Waals surface area contributed by atoms with E-state index in [2.05, 4.69) is 17.2 Å². The molecule has 2 aliphatic rings. The van der Waals surface area contributed by atoms with E-state index in [9.17, 15) is 14.4 Å². The zero-order valence-electron chi connectivity index (χ0n) is 18.1. The molecule has 0 aliphatic carbocycles. The quantitative estimate of drug-likeness (QED) is 0.577. The molecule has 2 aliphatic heterocycles. The maximum atomic E-state index is 13.4. The van der Waals surface area contributed by atoms with E-state index in [-0.39, 0.29) is 17.6 Å². The number of hydrogen-bond acceptors (Lipinski definition) is 5. The molecule has 0 saturated heterocycles. The summed E-state index contributed by atoms with van der Waals surface area (Å²) in [5, 5.41) is 4.56. The zero-order chi connectivity index (χ0) is 22.4. The van der Waals surface area contributed by atoms with E-state index >= 15 is 0 Å². The first-order valence-corrected chi connectivity index (χ1v) is 11.5. The van der Waals surface area contributed by atoms with Crippen molar-refractivity contribution in [2.45, 2.75) is 32.9 Å². The van der Waals surface area contributed by atoms with Crippen LogP contribution in [0, 0.1) is 0 Å². The maximum Gasteiger partial charge on any atom is 0.275 e. The van der Waals surface area contributed by atoms with Crippen LogP contribution < -0.4 is 0 Å². The van der Waals surface area contributed by atoms with Crippen molar-refractivity contribution in [2.75, 3.05) is 13.1 Å². The molecule has 1 aromatic carbocycles. The average molecular weight is 449 g/mol. The minimum Gasteiger partial charge on any atom is -0.333 e. The lowest BCUT2D eigenvalue weighted by Crippen LogP contribution is -2.39. The number of carbonyl (C=O) groups is 3. The number of nitrogens with zero attached hydrogens (tertiary/aromatic N) is 4. The number of hydrogen-bond donors (Lipinski definition) is 0. The predicted octanol–water partition coefficient (Wildman–Crippen LogP) is 3.08. The molecule has 8 heteroatoms. The van der Waals surface area contributed by atoms with E-state index in [0.717, 1.165) is 17.7 Å². The Labute approximate surface area is 190 Å². The highest BCUT2D eigenvalue weighted by atomic mass is 32.1. The van der Waals surface area contributed by atoms with Gasteiger partial charge in [-0.3, -0.25) is 19.1 Å². The molecule has 0 fully saturated rings. The van der Waals surface area contributed by atoms with Gasteiger partial charge in [-0.2, -0.15) is 5.10 Å². The normalized spacial score (nSPS) is 15.3. The Morgan fingerprint density at radius 1 is 0.875 bits per heavy atom. The number of carbonyl (C=O) groups excluding carboxylic acids is 3. The van der Waals surface area contributed by atoms with Gasteiger partial charge < -0.3 is 9.80 Å². The number of amides is 2. The minimum absolute atomic E-state index is 0.0433. The lowest BCUT2D eigenvalue weighted by molar-refractivity contribution is 0.0705. The molecule has 0 bridgehead atoms. The van der Waals surface area contributed by atoms with Crippen molar-refractivity contribution in [2.24, 2.45) is 7.05 Å². The molecule has 0 atom stereocenters. The van der Waals surface area contributed by atoms with Crippen LogP contribution in [-0.2, 0) is 33.0 Å². The fourth-order valence-corrected chi connectivity index (χ4v) is 5.42. The van der Waals surface area contributed by atoms with Crippen LogP contribution >= 0.6 is 11.3 Å². The van der Waals surface area contributed by atoms with Crippen LogP contribution in [0.2, 0.25) is 0 Å². The van der Waals surface area contributed by atoms with Gasteiger partial charge in [0.2, 0.25) is 0 Å². The van der Waals surface area contributed by atoms with Gasteiger partial charge in [0.05, 0.1) is 16.3 Å². The maximum absolute atomic E-state index is 13.4. The fraction of sp³-hybridized carbons (Fsp3) is 0.333. The molecule has 3 aromatic rings. The summed E-state index contributed by atoms with van der Waals surface area (Å²) in [5.74, 6) is -0.235. The second-order valence-corrected chi connectivity index (χ2v) is 9.42. The average Bonchev–Trinajstić information content (AvgIpc) is 3.43. The lowest BCUT2D eigenvalue weighted by atomic mass is 9.99. The second-order valence-electron chi connectivity index (χ2n) is 8.34. The van der Waals surface area contributed by atoms with Crippen LogP contribution in [0.15, 0.2) is 36.4 Å². The van der Waals surface area contributed by atoms with E-state index in [1.54, 1.807) is 21.7 Å². The van der Waals surface area contributed by atoms with E-state index in [1.165, 1.54) is 29.4 Å². The summed E-state index contributed by atoms with van der Waals surface area (Å²) in [6.07, 6.45) is 1.48. The molecule has 0 saturated carbocycles. The van der Waals surface area contributed by atoms with Crippen LogP contribution in [-0.4, -0.2) is 50.3 Å². The highest BCUT2D eigenvalue weighted by Gasteiger charge is 2.33. The molecule has 0 N–H and O–H groups in total. The molecule has 5 rings (SSSR count). The smallest absolute Gasteiger partial charge is 0.275 e. The molecule has 32 heavy (non-hydrogen) atoms. The Balaban J connectivity index is 1.39. The summed E-state index contributed by atoms with van der Waals surface area (Å²) in [5.41, 5.74) is 4.74. The van der Waals surface area contributed by atoms with Crippen molar-refractivity contribution < 1.29 is 14.4 Å². The number of aromatic nitrogens is 2. The SMILES string of the molecule is CC(=O)c1ccc(C(=O)N2CCc3c(c(C(=O)N4CCc5ccccc5C4)nn3C)C2)s1. The lowest BCUT2D eigenvalue weighted by Gasteiger charge is -2.30. The Morgan fingerprint density at radius 2 is 1.56 bits per heavy atom. The van der Waals surface area contributed by atoms with E-state index in [1.807, 2.05) is 24.1 Å². The van der Waals surface area contributed by atoms with Crippen LogP contribution in [0.5, 0.6) is 0 Å². The summed E-state index contributed by atoms with van der Waals surface area (Å²) >= 11 is 1.22. The first kappa shape index (κ1) is 20.6. The zero-order valence-corrected chi connectivity index (χ0v) is 18.9. The largest absolute Gasteiger partial charge is 0.333 e. The van der Waals surface area contributed by atoms with Crippen molar-refractivity contribution in [1.29, 1.82) is 0 Å². The summed E-state index contributed by atoms with van der Waals surface area (Å²) in [6, 6.07) is 11.6. The third-order valence-electron chi connectivity index (χ3n) is 6.31. The third kappa shape index (κ3) is 3.54. The number of ketones is 1. The van der Waals surface area contributed by atoms with Crippen LogP contribution in [0.3, 0.4) is 0 Å². The number of benzene rings is 1. The molecular formula is C24H24N4O3S. The predicted molar refractivity (Wildman–Crippen MR) is 121 cm³/mol. The molecule has 0 spiro atoms. The van der Waals surface area contributed by atoms with Crippen molar-refractivity contribution >= 4 is 28.9 Å². The van der Waals surface area contributed by atoms with Crippen molar-refractivity contribution in [3.63, 3.8) is 0 Å². The Kier molecular flexibility index (Phi) is 5.17. The number of aryl methyl sites for hydroxylation is 1. The third-order valence-corrected chi connectivity index (χ3v) is 7.49. The highest BCUT2D eigenvalue weighted by Crippen LogP contribution is 2.28. The van der Waals surface area contributed by atoms with Gasteiger partial charge in [0, 0.05) is 44.4 Å². The van der Waals surface area contributed by atoms with E-state index in [4.69, 9.17) is 0 Å². The standard InChI is InChI=1S/C24H24N4O3S/c1-15(29)20-7-8-21(32-20)23(30)28-12-10-19-18(14-28)22(25-26(19)2)24(31)27-11-9-16-5-3-4-6-17(16)13-27/h3-8H,9-14H2,1-2H3. The van der Waals surface area contributed by atoms with Crippen molar-refractivity contribution in [1.82, 2.24) is 19.6 Å². The van der Waals surface area contributed by atoms with E-state index in [0.29, 0.717) is 48.0 Å². The number of rotatable bonds is 3. The summed E-state index contributed by atoms with van der Waals surface area (Å²) < 4.78 is 1.78. The summed E-state index contributed by atoms with van der Waals surface area (Å²) in [6.45, 7) is 3.64. The van der Waals surface area contributed by atoms with Crippen LogP contribution in [0.25, 0.3) is 0 Å². The summed E-state index contributed by atoms with van der Waals surface area (Å²) in [7, 11) is 1.86. The van der Waals surface area contributed by atoms with Crippen LogP contribution in [0.4, 0.5) is 0 Å². The molecule has 2 aromatic heterocycles. The number of Topliss-reactive ketones (excluding diaryl/α,β-unsaturated/α-hetero) is 1. The highest BCUT2D eigenvalue weighted by molar-refractivity contribution is 7.15. The van der Waals surface area contributed by atoms with Gasteiger partial charge in [-0.05, 0) is 36.6 Å². The van der Waals surface area contributed by atoms with E-state index < -0.39 is 0 Å². The molecule has 4 heterocycles. The van der Waals surface area contributed by atoms with Gasteiger partial charge in [0.25, 0.3) is 11.8 Å². The molecule has 7 nitrogen and oxygen atoms in total. The second kappa shape index (κ2) is 8.02. The van der Waals surface area contributed by atoms with Gasteiger partial charge in [-0.15, -0.1) is 11.3 Å². The molecule has 0 radical (unpaired) electrons. The van der Waals surface area contributed by atoms with Gasteiger partial charge in [-0.1, -0.05) is 24.3 Å². The van der Waals surface area contributed by atoms with Gasteiger partial charge in [0.15, 0.2) is 11.5 Å². The van der Waals surface area contributed by atoms with Crippen molar-refractivity contribution in [3.8, 4) is 0 Å². The number of fused-ring (bicyclic) bond motifs is 2. The molecule has 164 valence electrons. The van der Waals surface area contributed by atoms with Gasteiger partial charge in [0.1, 0.15) is 0 Å². The molecule has 2 amide bonds. The minimum atomic E-state index is -0.109. The van der Waals surface area contributed by atoms with Gasteiger partial charge >= 0.3 is 0 Å². The number of thiophene rings is 1. The topological polar surface area (TPSA) is 75.5 Å². The molecular weight excluding hydrogens is 424 g/mol. The fourth-order valence-electron chi connectivity index (χ4n) is 4.55. The van der Waals surface area contributed by atoms with Crippen LogP contribution in [0.1, 0.15) is 59.1 Å². The first-order valence-electron chi connectivity index (χ1n) is 10.7. The monoisotopic (exact) mass is 448 g/mol. The van der Waals surface area contributed by atoms with Gasteiger partial charge in [-0.25, -0.2) is 0 Å². The first-order chi connectivity index (χ1) is 15.4.